The van der Waals surface area contributed by atoms with Crippen molar-refractivity contribution in [3.63, 3.8) is 0 Å². The Morgan fingerprint density at radius 1 is 1.62 bits per heavy atom. The molecule has 1 aromatic heterocycles. The van der Waals surface area contributed by atoms with E-state index in [1.807, 2.05) is 11.8 Å². The van der Waals surface area contributed by atoms with Crippen LogP contribution in [-0.2, 0) is 0 Å². The van der Waals surface area contributed by atoms with Crippen molar-refractivity contribution in [3.05, 3.63) is 23.5 Å². The minimum absolute atomic E-state index is 0.735. The summed E-state index contributed by atoms with van der Waals surface area (Å²) < 4.78 is 0. The standard InChI is InChI=1S/C9H13ClN2S/c1-13-6-2-4-12-9-7-11-5-3-8(9)10/h3,5,7,12H,2,4,6H2,1H3. The summed E-state index contributed by atoms with van der Waals surface area (Å²) in [6, 6.07) is 1.79. The minimum atomic E-state index is 0.735. The molecule has 1 rings (SSSR count). The van der Waals surface area contributed by atoms with Crippen LogP contribution in [0.25, 0.3) is 0 Å². The van der Waals surface area contributed by atoms with E-state index in [4.69, 9.17) is 11.6 Å². The van der Waals surface area contributed by atoms with Crippen LogP contribution >= 0.6 is 23.4 Å². The number of anilines is 1. The van der Waals surface area contributed by atoms with Gasteiger partial charge < -0.3 is 5.32 Å². The lowest BCUT2D eigenvalue weighted by molar-refractivity contribution is 0.991. The molecule has 0 atom stereocenters. The maximum atomic E-state index is 5.93. The first kappa shape index (κ1) is 10.7. The molecule has 0 bridgehead atoms. The van der Waals surface area contributed by atoms with Crippen LogP contribution in [0.15, 0.2) is 18.5 Å². The molecule has 13 heavy (non-hydrogen) atoms. The Hall–Kier alpha value is -0.410. The van der Waals surface area contributed by atoms with E-state index in [1.165, 1.54) is 5.75 Å². The molecule has 0 aliphatic heterocycles. The maximum absolute atomic E-state index is 5.93. The maximum Gasteiger partial charge on any atom is 0.0716 e. The van der Waals surface area contributed by atoms with Crippen LogP contribution in [0, 0.1) is 0 Å². The number of nitrogens with zero attached hydrogens (tertiary/aromatic N) is 1. The molecule has 1 N–H and O–H groups in total. The molecule has 72 valence electrons. The second-order valence-electron chi connectivity index (χ2n) is 2.63. The van der Waals surface area contributed by atoms with E-state index in [0.717, 1.165) is 23.7 Å². The summed E-state index contributed by atoms with van der Waals surface area (Å²) in [7, 11) is 0. The van der Waals surface area contributed by atoms with Crippen molar-refractivity contribution >= 4 is 29.1 Å². The summed E-state index contributed by atoms with van der Waals surface area (Å²) in [5.41, 5.74) is 0.922. The monoisotopic (exact) mass is 216 g/mol. The molecule has 0 aliphatic carbocycles. The number of hydrogen-bond acceptors (Lipinski definition) is 3. The van der Waals surface area contributed by atoms with Crippen LogP contribution in [0.2, 0.25) is 5.02 Å². The van der Waals surface area contributed by atoms with Crippen LogP contribution in [0.1, 0.15) is 6.42 Å². The predicted octanol–water partition coefficient (Wildman–Crippen LogP) is 2.90. The third-order valence-electron chi connectivity index (χ3n) is 1.61. The number of halogens is 1. The van der Waals surface area contributed by atoms with E-state index in [9.17, 15) is 0 Å². The summed E-state index contributed by atoms with van der Waals surface area (Å²) in [5.74, 6) is 1.17. The highest BCUT2D eigenvalue weighted by molar-refractivity contribution is 7.98. The molecule has 1 aromatic rings. The highest BCUT2D eigenvalue weighted by Gasteiger charge is 1.96. The predicted molar refractivity (Wildman–Crippen MR) is 60.7 cm³/mol. The molecule has 0 unspecified atom stereocenters. The van der Waals surface area contributed by atoms with Gasteiger partial charge in [0.1, 0.15) is 0 Å². The molecular formula is C9H13ClN2S. The fourth-order valence-electron chi connectivity index (χ4n) is 0.947. The molecule has 0 saturated heterocycles. The van der Waals surface area contributed by atoms with Gasteiger partial charge in [0.15, 0.2) is 0 Å². The van der Waals surface area contributed by atoms with Crippen molar-refractivity contribution in [2.75, 3.05) is 23.9 Å². The Kier molecular flexibility index (Phi) is 5.01. The number of aromatic nitrogens is 1. The lowest BCUT2D eigenvalue weighted by Crippen LogP contribution is -2.03. The molecule has 0 fully saturated rings. The Balaban J connectivity index is 2.32. The Morgan fingerprint density at radius 3 is 3.15 bits per heavy atom. The summed E-state index contributed by atoms with van der Waals surface area (Å²) >= 11 is 7.78. The summed E-state index contributed by atoms with van der Waals surface area (Å²) in [6.07, 6.45) is 6.69. The Morgan fingerprint density at radius 2 is 2.46 bits per heavy atom. The van der Waals surface area contributed by atoms with Gasteiger partial charge in [-0.05, 0) is 24.5 Å². The molecular weight excluding hydrogens is 204 g/mol. The molecule has 2 nitrogen and oxygen atoms in total. The molecule has 0 saturated carbocycles. The average Bonchev–Trinajstić information content (AvgIpc) is 2.15. The molecule has 0 aromatic carbocycles. The van der Waals surface area contributed by atoms with E-state index >= 15 is 0 Å². The van der Waals surface area contributed by atoms with Crippen LogP contribution in [0.5, 0.6) is 0 Å². The van der Waals surface area contributed by atoms with E-state index < -0.39 is 0 Å². The first-order valence-electron chi connectivity index (χ1n) is 4.17. The molecule has 0 aliphatic rings. The van der Waals surface area contributed by atoms with Gasteiger partial charge in [0, 0.05) is 12.7 Å². The summed E-state index contributed by atoms with van der Waals surface area (Å²) in [4.78, 5) is 3.99. The fourth-order valence-corrected chi connectivity index (χ4v) is 1.55. The minimum Gasteiger partial charge on any atom is -0.383 e. The van der Waals surface area contributed by atoms with Crippen molar-refractivity contribution < 1.29 is 0 Å². The molecule has 1 heterocycles. The second kappa shape index (κ2) is 6.11. The number of pyridine rings is 1. The normalized spacial score (nSPS) is 10.0. The van der Waals surface area contributed by atoms with Crippen molar-refractivity contribution in [1.82, 2.24) is 4.98 Å². The zero-order valence-corrected chi connectivity index (χ0v) is 9.16. The van der Waals surface area contributed by atoms with Gasteiger partial charge in [0.2, 0.25) is 0 Å². The molecule has 4 heteroatoms. The smallest absolute Gasteiger partial charge is 0.0716 e. The third-order valence-corrected chi connectivity index (χ3v) is 2.64. The van der Waals surface area contributed by atoms with Gasteiger partial charge in [0.25, 0.3) is 0 Å². The fraction of sp³-hybridized carbons (Fsp3) is 0.444. The average molecular weight is 217 g/mol. The molecule has 0 spiro atoms. The van der Waals surface area contributed by atoms with Crippen LogP contribution in [0.4, 0.5) is 5.69 Å². The largest absolute Gasteiger partial charge is 0.383 e. The van der Waals surface area contributed by atoms with Crippen LogP contribution < -0.4 is 5.32 Å². The molecule has 0 amide bonds. The van der Waals surface area contributed by atoms with Gasteiger partial charge in [0.05, 0.1) is 16.9 Å². The zero-order valence-electron chi connectivity index (χ0n) is 7.59. The molecule has 0 radical (unpaired) electrons. The first-order valence-corrected chi connectivity index (χ1v) is 5.94. The van der Waals surface area contributed by atoms with Crippen molar-refractivity contribution in [2.45, 2.75) is 6.42 Å². The second-order valence-corrected chi connectivity index (χ2v) is 4.02. The third kappa shape index (κ3) is 3.87. The van der Waals surface area contributed by atoms with Gasteiger partial charge in [-0.3, -0.25) is 4.98 Å². The lowest BCUT2D eigenvalue weighted by atomic mass is 10.4. The van der Waals surface area contributed by atoms with E-state index in [2.05, 4.69) is 16.6 Å². The van der Waals surface area contributed by atoms with Gasteiger partial charge in [-0.1, -0.05) is 11.6 Å². The Labute approximate surface area is 88.1 Å². The van der Waals surface area contributed by atoms with Crippen molar-refractivity contribution in [1.29, 1.82) is 0 Å². The zero-order chi connectivity index (χ0) is 9.52. The first-order chi connectivity index (χ1) is 6.34. The van der Waals surface area contributed by atoms with Crippen molar-refractivity contribution in [3.8, 4) is 0 Å². The van der Waals surface area contributed by atoms with Crippen LogP contribution in [0.3, 0.4) is 0 Å². The van der Waals surface area contributed by atoms with Gasteiger partial charge in [-0.15, -0.1) is 0 Å². The number of hydrogen-bond donors (Lipinski definition) is 1. The van der Waals surface area contributed by atoms with Gasteiger partial charge in [-0.2, -0.15) is 11.8 Å². The number of thioether (sulfide) groups is 1. The number of nitrogens with one attached hydrogen (secondary N) is 1. The SMILES string of the molecule is CSCCCNc1cnccc1Cl. The topological polar surface area (TPSA) is 24.9 Å². The van der Waals surface area contributed by atoms with E-state index in [1.54, 1.807) is 18.5 Å². The van der Waals surface area contributed by atoms with Crippen molar-refractivity contribution in [2.24, 2.45) is 0 Å². The van der Waals surface area contributed by atoms with Crippen LogP contribution in [-0.4, -0.2) is 23.5 Å². The quantitative estimate of drug-likeness (QED) is 0.767. The lowest BCUT2D eigenvalue weighted by Gasteiger charge is -2.06. The van der Waals surface area contributed by atoms with Gasteiger partial charge >= 0.3 is 0 Å². The number of rotatable bonds is 5. The summed E-state index contributed by atoms with van der Waals surface area (Å²) in [5, 5.41) is 3.98. The highest BCUT2D eigenvalue weighted by Crippen LogP contribution is 2.18. The highest BCUT2D eigenvalue weighted by atomic mass is 35.5. The van der Waals surface area contributed by atoms with E-state index in [0.29, 0.717) is 0 Å². The van der Waals surface area contributed by atoms with Gasteiger partial charge in [-0.25, -0.2) is 0 Å². The van der Waals surface area contributed by atoms with E-state index in [-0.39, 0.29) is 0 Å². The summed E-state index contributed by atoms with van der Waals surface area (Å²) in [6.45, 7) is 0.951. The Bertz CT molecular complexity index is 255.